The Bertz CT molecular complexity index is 563. The maximum Gasteiger partial charge on any atom is 0.356 e. The van der Waals surface area contributed by atoms with Crippen LogP contribution >= 0.6 is 11.6 Å². The summed E-state index contributed by atoms with van der Waals surface area (Å²) in [5, 5.41) is 0.665. The minimum Gasteiger partial charge on any atom is -0.464 e. The molecule has 17 heavy (non-hydrogen) atoms. The Labute approximate surface area is 104 Å². The van der Waals surface area contributed by atoms with Crippen molar-refractivity contribution in [3.05, 3.63) is 40.7 Å². The molecule has 0 spiro atoms. The molecule has 0 atom stereocenters. The highest BCUT2D eigenvalue weighted by Crippen LogP contribution is 2.23. The largest absolute Gasteiger partial charge is 0.464 e. The number of methoxy groups -OCH3 is 1. The summed E-state index contributed by atoms with van der Waals surface area (Å²) in [7, 11) is 1.32. The minimum absolute atomic E-state index is 0.319. The summed E-state index contributed by atoms with van der Waals surface area (Å²) >= 11 is 6.03. The predicted octanol–water partition coefficient (Wildman–Crippen LogP) is 2.83. The average molecular weight is 251 g/mol. The Kier molecular flexibility index (Phi) is 3.15. The fraction of sp³-hybridized carbons (Fsp3) is 0.167. The van der Waals surface area contributed by atoms with Gasteiger partial charge in [0.2, 0.25) is 0 Å². The second-order valence-electron chi connectivity index (χ2n) is 3.60. The number of nitrogens with one attached hydrogen (secondary N) is 1. The molecule has 5 heteroatoms. The summed E-state index contributed by atoms with van der Waals surface area (Å²) in [6.45, 7) is 1.92. The van der Waals surface area contributed by atoms with Crippen molar-refractivity contribution in [3.63, 3.8) is 0 Å². The summed E-state index contributed by atoms with van der Waals surface area (Å²) in [5.41, 5.74) is 2.14. The molecule has 1 heterocycles. The van der Waals surface area contributed by atoms with Crippen LogP contribution < -0.4 is 0 Å². The number of hydrogen-bond acceptors (Lipinski definition) is 3. The first-order chi connectivity index (χ1) is 8.11. The topological polar surface area (TPSA) is 55.0 Å². The van der Waals surface area contributed by atoms with E-state index < -0.39 is 5.97 Å². The van der Waals surface area contributed by atoms with E-state index in [1.54, 1.807) is 6.07 Å². The van der Waals surface area contributed by atoms with E-state index in [1.165, 1.54) is 13.3 Å². The number of nitrogens with zero attached hydrogens (tertiary/aromatic N) is 1. The van der Waals surface area contributed by atoms with Crippen LogP contribution in [0.25, 0.3) is 11.4 Å². The van der Waals surface area contributed by atoms with Gasteiger partial charge in [0, 0.05) is 10.6 Å². The maximum absolute atomic E-state index is 11.3. The molecule has 2 rings (SSSR count). The molecule has 0 aliphatic heterocycles. The lowest BCUT2D eigenvalue weighted by Gasteiger charge is -2.00. The van der Waals surface area contributed by atoms with Crippen molar-refractivity contribution in [2.75, 3.05) is 7.11 Å². The Morgan fingerprint density at radius 1 is 1.47 bits per heavy atom. The second kappa shape index (κ2) is 4.59. The van der Waals surface area contributed by atoms with Gasteiger partial charge in [-0.15, -0.1) is 0 Å². The Balaban J connectivity index is 2.37. The number of aromatic nitrogens is 2. The van der Waals surface area contributed by atoms with Crippen molar-refractivity contribution in [2.45, 2.75) is 6.92 Å². The van der Waals surface area contributed by atoms with Crippen LogP contribution in [-0.2, 0) is 4.74 Å². The molecule has 0 radical (unpaired) electrons. The highest BCUT2D eigenvalue weighted by molar-refractivity contribution is 6.31. The lowest BCUT2D eigenvalue weighted by molar-refractivity contribution is 0.0595. The first kappa shape index (κ1) is 11.7. The van der Waals surface area contributed by atoms with Crippen molar-refractivity contribution < 1.29 is 9.53 Å². The number of halogens is 1. The van der Waals surface area contributed by atoms with Gasteiger partial charge in [0.15, 0.2) is 0 Å². The van der Waals surface area contributed by atoms with Gasteiger partial charge in [-0.25, -0.2) is 9.78 Å². The van der Waals surface area contributed by atoms with Gasteiger partial charge in [-0.05, 0) is 18.6 Å². The molecule has 2 aromatic rings. The lowest BCUT2D eigenvalue weighted by Crippen LogP contribution is -2.00. The summed E-state index contributed by atoms with van der Waals surface area (Å²) in [6, 6.07) is 5.59. The van der Waals surface area contributed by atoms with E-state index >= 15 is 0 Å². The Morgan fingerprint density at radius 2 is 2.24 bits per heavy atom. The number of rotatable bonds is 2. The zero-order chi connectivity index (χ0) is 12.4. The first-order valence-electron chi connectivity index (χ1n) is 5.01. The molecule has 0 aliphatic carbocycles. The van der Waals surface area contributed by atoms with E-state index in [4.69, 9.17) is 11.6 Å². The molecular weight excluding hydrogens is 240 g/mol. The molecule has 0 unspecified atom stereocenters. The number of carbonyl (C=O) groups is 1. The van der Waals surface area contributed by atoms with Crippen LogP contribution in [0.15, 0.2) is 24.4 Å². The molecule has 0 saturated carbocycles. The highest BCUT2D eigenvalue weighted by atomic mass is 35.5. The van der Waals surface area contributed by atoms with Crippen LogP contribution in [0.4, 0.5) is 0 Å². The molecule has 88 valence electrons. The summed E-state index contributed by atoms with van der Waals surface area (Å²) in [4.78, 5) is 18.3. The van der Waals surface area contributed by atoms with Crippen molar-refractivity contribution in [3.8, 4) is 11.4 Å². The second-order valence-corrected chi connectivity index (χ2v) is 4.01. The number of ether oxygens (including phenoxy) is 1. The number of carbonyl (C=O) groups excluding carboxylic acids is 1. The van der Waals surface area contributed by atoms with Gasteiger partial charge in [-0.1, -0.05) is 23.7 Å². The van der Waals surface area contributed by atoms with Crippen molar-refractivity contribution in [1.29, 1.82) is 0 Å². The molecule has 4 nitrogen and oxygen atoms in total. The number of benzene rings is 1. The van der Waals surface area contributed by atoms with E-state index in [-0.39, 0.29) is 0 Å². The van der Waals surface area contributed by atoms with Crippen LogP contribution in [0.1, 0.15) is 16.1 Å². The number of hydrogen-bond donors (Lipinski definition) is 1. The molecule has 1 aromatic heterocycles. The number of esters is 1. The predicted molar refractivity (Wildman–Crippen MR) is 65.1 cm³/mol. The number of aryl methyl sites for hydroxylation is 1. The summed E-state index contributed by atoms with van der Waals surface area (Å²) < 4.78 is 4.59. The molecule has 0 bridgehead atoms. The van der Waals surface area contributed by atoms with E-state index in [0.717, 1.165) is 11.1 Å². The number of H-pyrrole nitrogens is 1. The molecule has 1 N–H and O–H groups in total. The van der Waals surface area contributed by atoms with Crippen LogP contribution in [0.2, 0.25) is 5.02 Å². The molecule has 0 fully saturated rings. The lowest BCUT2D eigenvalue weighted by atomic mass is 10.1. The van der Waals surface area contributed by atoms with Crippen molar-refractivity contribution >= 4 is 17.6 Å². The van der Waals surface area contributed by atoms with Crippen LogP contribution in [0.3, 0.4) is 0 Å². The molecule has 0 amide bonds. The quantitative estimate of drug-likeness (QED) is 0.834. The van der Waals surface area contributed by atoms with Crippen molar-refractivity contribution in [1.82, 2.24) is 9.97 Å². The Hall–Kier alpha value is -1.81. The molecular formula is C12H11ClN2O2. The van der Waals surface area contributed by atoms with Crippen LogP contribution in [-0.4, -0.2) is 23.0 Å². The summed E-state index contributed by atoms with van der Waals surface area (Å²) in [6.07, 6.45) is 1.44. The van der Waals surface area contributed by atoms with E-state index in [2.05, 4.69) is 14.7 Å². The fourth-order valence-corrected chi connectivity index (χ4v) is 1.60. The van der Waals surface area contributed by atoms with Gasteiger partial charge >= 0.3 is 5.97 Å². The molecule has 0 saturated heterocycles. The third-order valence-electron chi connectivity index (χ3n) is 2.43. The Morgan fingerprint density at radius 3 is 2.88 bits per heavy atom. The van der Waals surface area contributed by atoms with Crippen LogP contribution in [0, 0.1) is 6.92 Å². The number of aromatic amines is 1. The van der Waals surface area contributed by atoms with Crippen molar-refractivity contribution in [2.24, 2.45) is 0 Å². The third kappa shape index (κ3) is 2.31. The van der Waals surface area contributed by atoms with Gasteiger partial charge in [-0.3, -0.25) is 0 Å². The van der Waals surface area contributed by atoms with Gasteiger partial charge in [-0.2, -0.15) is 0 Å². The summed E-state index contributed by atoms with van der Waals surface area (Å²) in [5.74, 6) is 0.147. The van der Waals surface area contributed by atoms with E-state index in [9.17, 15) is 4.79 Å². The van der Waals surface area contributed by atoms with Gasteiger partial charge in [0.25, 0.3) is 0 Å². The third-order valence-corrected chi connectivity index (χ3v) is 2.83. The molecule has 1 aromatic carbocycles. The zero-order valence-corrected chi connectivity index (χ0v) is 10.2. The minimum atomic E-state index is -0.443. The van der Waals surface area contributed by atoms with E-state index in [1.807, 2.05) is 19.1 Å². The zero-order valence-electron chi connectivity index (χ0n) is 9.45. The first-order valence-corrected chi connectivity index (χ1v) is 5.39. The fourth-order valence-electron chi connectivity index (χ4n) is 1.42. The van der Waals surface area contributed by atoms with Gasteiger partial charge in [0.1, 0.15) is 11.5 Å². The number of imidazole rings is 1. The average Bonchev–Trinajstić information content (AvgIpc) is 2.81. The highest BCUT2D eigenvalue weighted by Gasteiger charge is 2.10. The smallest absolute Gasteiger partial charge is 0.356 e. The van der Waals surface area contributed by atoms with Gasteiger partial charge in [0.05, 0.1) is 13.3 Å². The van der Waals surface area contributed by atoms with Gasteiger partial charge < -0.3 is 9.72 Å². The maximum atomic E-state index is 11.3. The SMILES string of the molecule is COC(=O)c1cnc(-c2ccc(C)c(Cl)c2)[nH]1. The standard InChI is InChI=1S/C12H11ClN2O2/c1-7-3-4-8(5-9(7)13)11-14-6-10(15-11)12(16)17-2/h3-6H,1-2H3,(H,14,15). The normalized spacial score (nSPS) is 10.3. The monoisotopic (exact) mass is 250 g/mol. The van der Waals surface area contributed by atoms with Crippen LogP contribution in [0.5, 0.6) is 0 Å². The molecule has 0 aliphatic rings. The van der Waals surface area contributed by atoms with E-state index in [0.29, 0.717) is 16.5 Å².